The highest BCUT2D eigenvalue weighted by Gasteiger charge is 2.29. The molecule has 2 saturated carbocycles. The third-order valence-corrected chi connectivity index (χ3v) is 4.46. The fraction of sp³-hybridized carbons (Fsp3) is 1.00. The Bertz CT molecular complexity index is 217. The molecule has 2 heteroatoms. The van der Waals surface area contributed by atoms with Crippen molar-refractivity contribution in [2.45, 2.75) is 83.4 Å². The molecule has 2 unspecified atom stereocenters. The molecule has 2 N–H and O–H groups in total. The Morgan fingerprint density at radius 2 is 1.69 bits per heavy atom. The summed E-state index contributed by atoms with van der Waals surface area (Å²) in [6.07, 6.45) is 9.72. The average molecular weight is 225 g/mol. The molecular weight excluding hydrogens is 198 g/mol. The largest absolute Gasteiger partial charge is 0.393 e. The summed E-state index contributed by atoms with van der Waals surface area (Å²) in [5.74, 6) is 0. The number of hydrogen-bond acceptors (Lipinski definition) is 2. The molecule has 94 valence electrons. The highest BCUT2D eigenvalue weighted by molar-refractivity contribution is 4.86. The number of aliphatic hydroxyl groups excluding tert-OH is 1. The van der Waals surface area contributed by atoms with Crippen molar-refractivity contribution in [3.05, 3.63) is 0 Å². The first kappa shape index (κ1) is 12.4. The molecule has 0 amide bonds. The second-order valence-corrected chi connectivity index (χ2v) is 6.62. The van der Waals surface area contributed by atoms with Gasteiger partial charge in [-0.15, -0.1) is 0 Å². The van der Waals surface area contributed by atoms with Gasteiger partial charge in [-0.3, -0.25) is 0 Å². The van der Waals surface area contributed by atoms with Crippen LogP contribution in [0.25, 0.3) is 0 Å². The van der Waals surface area contributed by atoms with E-state index in [1.807, 2.05) is 0 Å². The van der Waals surface area contributed by atoms with Crippen LogP contribution >= 0.6 is 0 Å². The molecule has 0 heterocycles. The van der Waals surface area contributed by atoms with Crippen LogP contribution < -0.4 is 5.32 Å². The van der Waals surface area contributed by atoms with Crippen molar-refractivity contribution in [3.8, 4) is 0 Å². The Balaban J connectivity index is 1.74. The highest BCUT2D eigenvalue weighted by Crippen LogP contribution is 2.35. The molecule has 0 saturated heterocycles. The van der Waals surface area contributed by atoms with Crippen LogP contribution in [0.3, 0.4) is 0 Å². The molecule has 16 heavy (non-hydrogen) atoms. The summed E-state index contributed by atoms with van der Waals surface area (Å²) in [5, 5.41) is 13.4. The van der Waals surface area contributed by atoms with Crippen molar-refractivity contribution >= 4 is 0 Å². The number of aliphatic hydroxyl groups is 1. The minimum Gasteiger partial charge on any atom is -0.393 e. The minimum absolute atomic E-state index is 0.0497. The zero-order valence-electron chi connectivity index (χ0n) is 10.8. The average Bonchev–Trinajstić information content (AvgIpc) is 2.21. The smallest absolute Gasteiger partial charge is 0.0555 e. The van der Waals surface area contributed by atoms with Crippen LogP contribution in [-0.2, 0) is 0 Å². The van der Waals surface area contributed by atoms with Crippen LogP contribution in [0.5, 0.6) is 0 Å². The molecule has 2 atom stereocenters. The third kappa shape index (κ3) is 3.46. The Morgan fingerprint density at radius 1 is 1.00 bits per heavy atom. The summed E-state index contributed by atoms with van der Waals surface area (Å²) < 4.78 is 0. The first-order valence-corrected chi connectivity index (χ1v) is 6.99. The quantitative estimate of drug-likeness (QED) is 0.757. The van der Waals surface area contributed by atoms with Crippen molar-refractivity contribution < 1.29 is 5.11 Å². The molecule has 0 bridgehead atoms. The lowest BCUT2D eigenvalue weighted by atomic mass is 9.75. The van der Waals surface area contributed by atoms with Crippen molar-refractivity contribution in [2.24, 2.45) is 5.41 Å². The first-order valence-electron chi connectivity index (χ1n) is 6.99. The van der Waals surface area contributed by atoms with Gasteiger partial charge in [0.15, 0.2) is 0 Å². The van der Waals surface area contributed by atoms with Gasteiger partial charge >= 0.3 is 0 Å². The summed E-state index contributed by atoms with van der Waals surface area (Å²) >= 11 is 0. The van der Waals surface area contributed by atoms with Gasteiger partial charge in [0, 0.05) is 12.1 Å². The monoisotopic (exact) mass is 225 g/mol. The van der Waals surface area contributed by atoms with E-state index in [1.54, 1.807) is 0 Å². The van der Waals surface area contributed by atoms with E-state index in [9.17, 15) is 5.11 Å². The second kappa shape index (κ2) is 5.05. The van der Waals surface area contributed by atoms with Gasteiger partial charge in [0.2, 0.25) is 0 Å². The molecule has 0 spiro atoms. The zero-order valence-corrected chi connectivity index (χ0v) is 10.8. The van der Waals surface area contributed by atoms with E-state index < -0.39 is 0 Å². The maximum Gasteiger partial charge on any atom is 0.0555 e. The predicted octanol–water partition coefficient (Wildman–Crippen LogP) is 2.85. The molecule has 2 aliphatic carbocycles. The Hall–Kier alpha value is -0.0800. The SMILES string of the molecule is CC1(C)CCC(NC2CCCC(O)C2)CC1. The van der Waals surface area contributed by atoms with Crippen LogP contribution in [0.1, 0.15) is 65.2 Å². The fourth-order valence-corrected chi connectivity index (χ4v) is 3.21. The lowest BCUT2D eigenvalue weighted by molar-refractivity contribution is 0.102. The van der Waals surface area contributed by atoms with Crippen molar-refractivity contribution in [2.75, 3.05) is 0 Å². The molecule has 0 aromatic rings. The van der Waals surface area contributed by atoms with E-state index in [4.69, 9.17) is 0 Å². The van der Waals surface area contributed by atoms with Gasteiger partial charge in [-0.2, -0.15) is 0 Å². The van der Waals surface area contributed by atoms with Gasteiger partial charge in [0.05, 0.1) is 6.10 Å². The second-order valence-electron chi connectivity index (χ2n) is 6.62. The van der Waals surface area contributed by atoms with Crippen molar-refractivity contribution in [1.29, 1.82) is 0 Å². The summed E-state index contributed by atoms with van der Waals surface area (Å²) in [5.41, 5.74) is 0.560. The minimum atomic E-state index is -0.0497. The van der Waals surface area contributed by atoms with E-state index >= 15 is 0 Å². The molecule has 2 rings (SSSR count). The maximum absolute atomic E-state index is 9.65. The van der Waals surface area contributed by atoms with Gasteiger partial charge in [-0.1, -0.05) is 13.8 Å². The van der Waals surface area contributed by atoms with Gasteiger partial charge in [-0.25, -0.2) is 0 Å². The molecule has 0 aromatic heterocycles. The van der Waals surface area contributed by atoms with E-state index in [0.29, 0.717) is 17.5 Å². The maximum atomic E-state index is 9.65. The molecule has 0 aromatic carbocycles. The van der Waals surface area contributed by atoms with Crippen molar-refractivity contribution in [3.63, 3.8) is 0 Å². The van der Waals surface area contributed by atoms with Crippen LogP contribution in [0, 0.1) is 5.41 Å². The third-order valence-electron chi connectivity index (χ3n) is 4.46. The molecule has 2 aliphatic rings. The van der Waals surface area contributed by atoms with Gasteiger partial charge in [0.25, 0.3) is 0 Å². The standard InChI is InChI=1S/C14H27NO/c1-14(2)8-6-11(7-9-14)15-12-4-3-5-13(16)10-12/h11-13,15-16H,3-10H2,1-2H3. The van der Waals surface area contributed by atoms with Crippen LogP contribution in [0.2, 0.25) is 0 Å². The number of nitrogens with one attached hydrogen (secondary N) is 1. The van der Waals surface area contributed by atoms with E-state index in [2.05, 4.69) is 19.2 Å². The summed E-state index contributed by atoms with van der Waals surface area (Å²) in [6, 6.07) is 1.29. The molecule has 2 nitrogen and oxygen atoms in total. The first-order chi connectivity index (χ1) is 7.55. The molecule has 0 aliphatic heterocycles. The number of rotatable bonds is 2. The lowest BCUT2D eigenvalue weighted by Gasteiger charge is -2.38. The molecule has 2 fully saturated rings. The number of hydrogen-bond donors (Lipinski definition) is 2. The summed E-state index contributed by atoms with van der Waals surface area (Å²) in [7, 11) is 0. The lowest BCUT2D eigenvalue weighted by Crippen LogP contribution is -2.44. The predicted molar refractivity (Wildman–Crippen MR) is 67.4 cm³/mol. The van der Waals surface area contributed by atoms with Crippen LogP contribution in [0.4, 0.5) is 0 Å². The van der Waals surface area contributed by atoms with Gasteiger partial charge in [-0.05, 0) is 56.8 Å². The Kier molecular flexibility index (Phi) is 3.91. The summed E-state index contributed by atoms with van der Waals surface area (Å²) in [6.45, 7) is 4.77. The highest BCUT2D eigenvalue weighted by atomic mass is 16.3. The van der Waals surface area contributed by atoms with Gasteiger partial charge < -0.3 is 10.4 Å². The normalized spacial score (nSPS) is 36.2. The fourth-order valence-electron chi connectivity index (χ4n) is 3.21. The van der Waals surface area contributed by atoms with E-state index in [-0.39, 0.29) is 6.10 Å². The Morgan fingerprint density at radius 3 is 2.31 bits per heavy atom. The van der Waals surface area contributed by atoms with Crippen LogP contribution in [0.15, 0.2) is 0 Å². The zero-order chi connectivity index (χ0) is 11.6. The molecule has 0 radical (unpaired) electrons. The summed E-state index contributed by atoms with van der Waals surface area (Å²) in [4.78, 5) is 0. The van der Waals surface area contributed by atoms with Gasteiger partial charge in [0.1, 0.15) is 0 Å². The van der Waals surface area contributed by atoms with Crippen molar-refractivity contribution in [1.82, 2.24) is 5.32 Å². The van der Waals surface area contributed by atoms with Crippen LogP contribution in [-0.4, -0.2) is 23.3 Å². The van der Waals surface area contributed by atoms with E-state index in [0.717, 1.165) is 12.8 Å². The van der Waals surface area contributed by atoms with E-state index in [1.165, 1.54) is 38.5 Å². The Labute approximate surface area is 99.8 Å². The topological polar surface area (TPSA) is 32.3 Å². The molecular formula is C14H27NO.